The van der Waals surface area contributed by atoms with Crippen LogP contribution in [0, 0.1) is 46.3 Å². The zero-order valence-electron chi connectivity index (χ0n) is 48.3. The second-order valence-corrected chi connectivity index (χ2v) is 27.6. The summed E-state index contributed by atoms with van der Waals surface area (Å²) in [7, 11) is 4.25. The normalized spacial score (nSPS) is 26.7. The number of methoxy groups -OCH3 is 1. The van der Waals surface area contributed by atoms with Crippen LogP contribution in [-0.2, 0) is 54.0 Å². The number of quaternary nitrogens is 1. The number of carbonyl (C=O) groups is 1. The first-order valence-electron chi connectivity index (χ1n) is 30.1. The smallest absolute Gasteiger partial charge is 0.333 e. The molecule has 2 aromatic rings. The van der Waals surface area contributed by atoms with Gasteiger partial charge in [-0.25, -0.2) is 4.68 Å². The van der Waals surface area contributed by atoms with E-state index in [0.717, 1.165) is 132 Å². The van der Waals surface area contributed by atoms with Crippen LogP contribution in [0.4, 0.5) is 0 Å². The van der Waals surface area contributed by atoms with E-state index >= 15 is 0 Å². The van der Waals surface area contributed by atoms with Crippen molar-refractivity contribution in [3.8, 4) is 0 Å². The number of esters is 1. The topological polar surface area (TPSA) is 173 Å². The average molecular weight is 1070 g/mol. The average Bonchev–Trinajstić information content (AvgIpc) is 4.11. The van der Waals surface area contributed by atoms with Gasteiger partial charge in [-0.3, -0.25) is 14.0 Å². The number of ether oxygens (including phenoxy) is 3. The van der Waals surface area contributed by atoms with E-state index in [1.54, 1.807) is 12.7 Å². The van der Waals surface area contributed by atoms with E-state index in [9.17, 15) is 19.4 Å². The molecular formula is C59H105N7O8P+. The number of hydrogen-bond acceptors (Lipinski definition) is 11. The van der Waals surface area contributed by atoms with E-state index in [0.29, 0.717) is 73.1 Å². The van der Waals surface area contributed by atoms with Gasteiger partial charge >= 0.3 is 13.6 Å². The van der Waals surface area contributed by atoms with E-state index in [1.165, 1.54) is 64.2 Å². The van der Waals surface area contributed by atoms with Gasteiger partial charge in [0.15, 0.2) is 0 Å². The molecule has 4 aliphatic rings. The molecule has 16 heteroatoms. The Kier molecular flexibility index (Phi) is 24.8. The van der Waals surface area contributed by atoms with Gasteiger partial charge < -0.3 is 33.2 Å². The van der Waals surface area contributed by atoms with Gasteiger partial charge in [-0.15, -0.1) is 10.2 Å². The van der Waals surface area contributed by atoms with E-state index in [4.69, 9.17) is 18.7 Å². The molecule has 0 bridgehead atoms. The van der Waals surface area contributed by atoms with Crippen LogP contribution in [0.2, 0.25) is 0 Å². The van der Waals surface area contributed by atoms with Gasteiger partial charge in [0.25, 0.3) is 0 Å². The van der Waals surface area contributed by atoms with Gasteiger partial charge in [0, 0.05) is 32.5 Å². The number of unbranched alkanes of at least 4 members (excludes halogenated alkanes) is 12. The third kappa shape index (κ3) is 19.7. The molecule has 2 aromatic heterocycles. The molecule has 0 saturated heterocycles. The third-order valence-electron chi connectivity index (χ3n) is 18.4. The van der Waals surface area contributed by atoms with Gasteiger partial charge in [0.05, 0.1) is 84.3 Å². The Labute approximate surface area is 453 Å². The minimum absolute atomic E-state index is 0.0156. The Morgan fingerprint density at radius 1 is 0.800 bits per heavy atom. The largest absolute Gasteiger partial charge is 0.466 e. The molecule has 3 fully saturated rings. The SMILES string of the molecule is COCC(Cn1cc(CCCCCCCCCOC(=O)CCC(C)C2CCC3C4CC=C5CC(O)CCC5(C)C4CCC23C)nn1)OCC(C)Cn1cc(CCCCCCCCCOP(=O)(O)CC[N+](C)(C)C)nn1. The zero-order valence-corrected chi connectivity index (χ0v) is 49.2. The first-order valence-corrected chi connectivity index (χ1v) is 31.8. The summed E-state index contributed by atoms with van der Waals surface area (Å²) in [5, 5.41) is 28.0. The minimum atomic E-state index is -3.49. The molecule has 75 heavy (non-hydrogen) atoms. The number of nitrogens with zero attached hydrogens (tertiary/aromatic N) is 7. The summed E-state index contributed by atoms with van der Waals surface area (Å²) in [5.41, 5.74) is 4.27. The molecule has 15 nitrogen and oxygen atoms in total. The van der Waals surface area contributed by atoms with Crippen LogP contribution in [0.3, 0.4) is 0 Å². The molecule has 2 heterocycles. The molecule has 3 saturated carbocycles. The number of carbonyl (C=O) groups excluding carboxylic acids is 1. The molecule has 11 atom stereocenters. The van der Waals surface area contributed by atoms with Gasteiger partial charge in [0.2, 0.25) is 0 Å². The number of aryl methyl sites for hydroxylation is 2. The Hall–Kier alpha value is -2.52. The fourth-order valence-electron chi connectivity index (χ4n) is 14.0. The fourth-order valence-corrected chi connectivity index (χ4v) is 15.4. The third-order valence-corrected chi connectivity index (χ3v) is 19.8. The van der Waals surface area contributed by atoms with Crippen molar-refractivity contribution in [1.82, 2.24) is 30.0 Å². The van der Waals surface area contributed by atoms with E-state index in [1.807, 2.05) is 36.7 Å². The van der Waals surface area contributed by atoms with E-state index in [2.05, 4.69) is 60.6 Å². The lowest BCUT2D eigenvalue weighted by Gasteiger charge is -2.58. The molecule has 0 radical (unpaired) electrons. The first kappa shape index (κ1) is 61.7. The standard InChI is InChI=1S/C59H104N7O8P/c1-46(40-64-41-49(60-62-64)23-19-16-12-10-14-18-22-37-74-75(69,70)38-35-66(5,6)7)44-73-52(45-71-8)43-65-42-50(61-63-65)24-20-15-11-9-13-17-21-36-72-57(68)30-25-47(2)54-28-29-55-53-27-26-48-39-51(67)31-33-58(48,3)56(53)32-34-59(54,55)4/h26,41-42,46-47,51-56,67H,9-25,27-40,43-45H2,1-8H3/p+1. The van der Waals surface area contributed by atoms with Gasteiger partial charge in [-0.1, -0.05) is 114 Å². The van der Waals surface area contributed by atoms with Crippen molar-refractivity contribution in [2.45, 2.75) is 220 Å². The summed E-state index contributed by atoms with van der Waals surface area (Å²) in [6.45, 7) is 13.6. The quantitative estimate of drug-likeness (QED) is 0.0216. The predicted octanol–water partition coefficient (Wildman–Crippen LogP) is 11.6. The number of aliphatic hydroxyl groups excluding tert-OH is 1. The summed E-state index contributed by atoms with van der Waals surface area (Å²) in [5.74, 6) is 3.81. The van der Waals surface area contributed by atoms with Gasteiger partial charge in [-0.2, -0.15) is 0 Å². The molecule has 0 amide bonds. The molecule has 428 valence electrons. The molecule has 0 spiro atoms. The van der Waals surface area contributed by atoms with Crippen molar-refractivity contribution < 1.29 is 42.6 Å². The highest BCUT2D eigenvalue weighted by Gasteiger charge is 2.59. The monoisotopic (exact) mass is 1070 g/mol. The number of rotatable bonds is 37. The van der Waals surface area contributed by atoms with Gasteiger partial charge in [0.1, 0.15) is 6.10 Å². The lowest BCUT2D eigenvalue weighted by molar-refractivity contribution is -0.867. The highest BCUT2D eigenvalue weighted by Crippen LogP contribution is 2.67. The van der Waals surface area contributed by atoms with Crippen LogP contribution < -0.4 is 0 Å². The maximum absolute atomic E-state index is 12.8. The highest BCUT2D eigenvalue weighted by molar-refractivity contribution is 7.52. The molecule has 0 aromatic carbocycles. The second-order valence-electron chi connectivity index (χ2n) is 25.7. The number of fused-ring (bicyclic) bond motifs is 5. The molecular weight excluding hydrogens is 966 g/mol. The number of aromatic nitrogens is 6. The van der Waals surface area contributed by atoms with Crippen LogP contribution in [0.25, 0.3) is 0 Å². The minimum Gasteiger partial charge on any atom is -0.466 e. The Balaban J connectivity index is 0.738. The Morgan fingerprint density at radius 3 is 2.05 bits per heavy atom. The molecule has 11 unspecified atom stereocenters. The van der Waals surface area contributed by atoms with Crippen molar-refractivity contribution in [3.63, 3.8) is 0 Å². The van der Waals surface area contributed by atoms with E-state index in [-0.39, 0.29) is 30.3 Å². The molecule has 4 aliphatic carbocycles. The first-order chi connectivity index (χ1) is 35.9. The van der Waals surface area contributed by atoms with Crippen LogP contribution >= 0.6 is 7.60 Å². The fraction of sp³-hybridized carbons (Fsp3) is 0.881. The maximum Gasteiger partial charge on any atom is 0.333 e. The summed E-state index contributed by atoms with van der Waals surface area (Å²) >= 11 is 0. The van der Waals surface area contributed by atoms with Crippen molar-refractivity contribution >= 4 is 13.6 Å². The maximum atomic E-state index is 12.8. The summed E-state index contributed by atoms with van der Waals surface area (Å²) < 4.78 is 39.5. The van der Waals surface area contributed by atoms with Crippen LogP contribution in [0.1, 0.15) is 193 Å². The number of hydrogen-bond donors (Lipinski definition) is 2. The lowest BCUT2D eigenvalue weighted by Crippen LogP contribution is -2.50. The molecule has 2 N–H and O–H groups in total. The summed E-state index contributed by atoms with van der Waals surface area (Å²) in [6, 6.07) is 0. The van der Waals surface area contributed by atoms with E-state index < -0.39 is 7.60 Å². The Bertz CT molecular complexity index is 2060. The van der Waals surface area contributed by atoms with Crippen molar-refractivity contribution in [2.75, 3.05) is 67.4 Å². The lowest BCUT2D eigenvalue weighted by atomic mass is 9.47. The van der Waals surface area contributed by atoms with Crippen LogP contribution in [-0.4, -0.2) is 130 Å². The molecule has 6 rings (SSSR count). The highest BCUT2D eigenvalue weighted by atomic mass is 31.2. The summed E-state index contributed by atoms with van der Waals surface area (Å²) in [4.78, 5) is 22.9. The second kappa shape index (κ2) is 30.2. The number of aliphatic hydroxyl groups is 1. The molecule has 0 aliphatic heterocycles. The van der Waals surface area contributed by atoms with Gasteiger partial charge in [-0.05, 0) is 143 Å². The van der Waals surface area contributed by atoms with Crippen molar-refractivity contribution in [1.29, 1.82) is 0 Å². The predicted molar refractivity (Wildman–Crippen MR) is 297 cm³/mol. The van der Waals surface area contributed by atoms with Crippen LogP contribution in [0.5, 0.6) is 0 Å². The van der Waals surface area contributed by atoms with Crippen molar-refractivity contribution in [2.24, 2.45) is 46.3 Å². The number of allylic oxidation sites excluding steroid dienone is 1. The van der Waals surface area contributed by atoms with Crippen molar-refractivity contribution in [3.05, 3.63) is 35.4 Å². The summed E-state index contributed by atoms with van der Waals surface area (Å²) in [6.07, 6.45) is 34.8. The van der Waals surface area contributed by atoms with Crippen LogP contribution in [0.15, 0.2) is 24.0 Å². The Morgan fingerprint density at radius 2 is 1.41 bits per heavy atom. The zero-order chi connectivity index (χ0) is 53.9.